The molecule has 6 nitrogen and oxygen atoms in total. The van der Waals surface area contributed by atoms with Gasteiger partial charge in [0.1, 0.15) is 0 Å². The summed E-state index contributed by atoms with van der Waals surface area (Å²) in [5.74, 6) is 0. The fourth-order valence-corrected chi connectivity index (χ4v) is 0. The maximum absolute atomic E-state index is 8.56. The summed E-state index contributed by atoms with van der Waals surface area (Å²) in [6, 6.07) is 0. The Labute approximate surface area is 136 Å². The van der Waals surface area contributed by atoms with Gasteiger partial charge in [-0.2, -0.15) is 0 Å². The number of carboxylic acid groups (broad SMARTS) is 4. The van der Waals surface area contributed by atoms with Gasteiger partial charge in [0.25, 0.3) is 0 Å². The molecule has 0 aromatic carbocycles. The molecule has 54 valence electrons. The molecule has 0 fully saturated rings. The molecule has 0 spiro atoms. The van der Waals surface area contributed by atoms with Crippen LogP contribution in [0.2, 0.25) is 0 Å². The van der Waals surface area contributed by atoms with Crippen molar-refractivity contribution in [2.45, 2.75) is 0 Å². The van der Waals surface area contributed by atoms with Crippen molar-refractivity contribution in [2.75, 3.05) is 0 Å². The van der Waals surface area contributed by atoms with Crippen molar-refractivity contribution in [1.82, 2.24) is 0 Å². The van der Waals surface area contributed by atoms with E-state index in [2.05, 4.69) is 0 Å². The van der Waals surface area contributed by atoms with E-state index in [1.54, 1.807) is 0 Å². The van der Waals surface area contributed by atoms with E-state index in [0.717, 1.165) is 0 Å². The summed E-state index contributed by atoms with van der Waals surface area (Å²) in [6.45, 7) is 0. The molecule has 0 aliphatic carbocycles. The molecule has 0 saturated carbocycles. The van der Waals surface area contributed by atoms with Crippen LogP contribution in [0, 0.1) is 0 Å². The second-order valence-corrected chi connectivity index (χ2v) is 0.565. The maximum Gasteiger partial charge on any atom is 2.00 e. The molecule has 0 aliphatic heterocycles. The zero-order chi connectivity index (χ0) is 7.15. The van der Waals surface area contributed by atoms with Crippen LogP contribution >= 0.6 is 0 Å². The van der Waals surface area contributed by atoms with Gasteiger partial charge in [-0.05, 0) is 0 Å². The molecule has 0 rings (SSSR count). The molecule has 0 amide bonds. The van der Waals surface area contributed by atoms with E-state index in [9.17, 15) is 0 Å². The Morgan fingerprint density at radius 2 is 0.900 bits per heavy atom. The Kier molecular flexibility index (Phi) is 37.7. The van der Waals surface area contributed by atoms with Crippen molar-refractivity contribution in [3.05, 3.63) is 0 Å². The van der Waals surface area contributed by atoms with E-state index in [-0.39, 0.29) is 96.2 Å². The maximum atomic E-state index is 8.56. The van der Waals surface area contributed by atoms with Crippen LogP contribution in [0.3, 0.4) is 0 Å². The smallest absolute Gasteiger partial charge is 1.00 e. The quantitative estimate of drug-likeness (QED) is 0.363. The molecular weight excluding hydrogens is 277 g/mol. The minimum Gasteiger partial charge on any atom is -1.00 e. The number of carbonyl (C=O) groups is 2. The first-order chi connectivity index (χ1) is 3.46. The molecule has 4 N–H and O–H groups in total. The van der Waals surface area contributed by atoms with Gasteiger partial charge in [-0.3, -0.25) is 0 Å². The Balaban J connectivity index is -0.00000000800. The third-order valence-electron chi connectivity index (χ3n) is 0. The molecular formula is C2H7CsMgO6. The summed E-state index contributed by atoms with van der Waals surface area (Å²) in [5, 5.41) is 27.9. The Hall–Kier alpha value is 1.36. The molecule has 0 radical (unpaired) electrons. The first-order valence-electron chi connectivity index (χ1n) is 1.30. The van der Waals surface area contributed by atoms with Gasteiger partial charge in [0.15, 0.2) is 0 Å². The Morgan fingerprint density at radius 3 is 0.900 bits per heavy atom. The summed E-state index contributed by atoms with van der Waals surface area (Å²) in [5.41, 5.74) is 0. The average molecular weight is 284 g/mol. The van der Waals surface area contributed by atoms with Crippen LogP contribution in [0.15, 0.2) is 0 Å². The van der Waals surface area contributed by atoms with Crippen molar-refractivity contribution in [3.8, 4) is 0 Å². The minimum absolute atomic E-state index is 0. The molecule has 0 heterocycles. The second-order valence-electron chi connectivity index (χ2n) is 0.565. The molecule has 0 aliphatic rings. The van der Waals surface area contributed by atoms with Gasteiger partial charge in [-0.15, -0.1) is 0 Å². The van der Waals surface area contributed by atoms with E-state index in [0.29, 0.717) is 0 Å². The first kappa shape index (κ1) is 22.5. The van der Waals surface area contributed by atoms with Crippen LogP contribution < -0.4 is 68.9 Å². The minimum atomic E-state index is -1.83. The summed E-state index contributed by atoms with van der Waals surface area (Å²) in [7, 11) is 0. The third kappa shape index (κ3) is 354. The van der Waals surface area contributed by atoms with Crippen LogP contribution in [-0.2, 0) is 0 Å². The largest absolute Gasteiger partial charge is 2.00 e. The van der Waals surface area contributed by atoms with Crippen LogP contribution in [-0.4, -0.2) is 55.8 Å². The SMILES string of the molecule is O=C(O)O.O=C(O)O.[Cs+].[H-].[H-].[H-].[Mg+2]. The zero-order valence-electron chi connectivity index (χ0n) is 8.31. The number of rotatable bonds is 0. The van der Waals surface area contributed by atoms with Gasteiger partial charge >= 0.3 is 104 Å². The van der Waals surface area contributed by atoms with Gasteiger partial charge in [-0.1, -0.05) is 0 Å². The van der Waals surface area contributed by atoms with Crippen molar-refractivity contribution in [1.29, 1.82) is 0 Å². The van der Waals surface area contributed by atoms with Crippen LogP contribution in [0.4, 0.5) is 9.59 Å². The molecule has 10 heavy (non-hydrogen) atoms. The summed E-state index contributed by atoms with van der Waals surface area (Å²) >= 11 is 0. The average Bonchev–Trinajstić information content (AvgIpc) is 1.25. The Morgan fingerprint density at radius 1 is 0.900 bits per heavy atom. The molecule has 8 heteroatoms. The summed E-state index contributed by atoms with van der Waals surface area (Å²) in [4.78, 5) is 17.1. The van der Waals surface area contributed by atoms with Crippen LogP contribution in [0.5, 0.6) is 0 Å². The van der Waals surface area contributed by atoms with E-state index < -0.39 is 12.3 Å². The van der Waals surface area contributed by atoms with Crippen LogP contribution in [0.25, 0.3) is 0 Å². The fraction of sp³-hybridized carbons (Fsp3) is 0. The molecule has 0 aromatic rings. The zero-order valence-corrected chi connectivity index (χ0v) is 13.0. The van der Waals surface area contributed by atoms with Gasteiger partial charge in [0.05, 0.1) is 0 Å². The van der Waals surface area contributed by atoms with Crippen LogP contribution in [0.1, 0.15) is 4.28 Å². The van der Waals surface area contributed by atoms with E-state index in [1.165, 1.54) is 0 Å². The van der Waals surface area contributed by atoms with Crippen molar-refractivity contribution >= 4 is 35.4 Å². The molecule has 0 bridgehead atoms. The summed E-state index contributed by atoms with van der Waals surface area (Å²) in [6.07, 6.45) is -3.67. The van der Waals surface area contributed by atoms with Crippen molar-refractivity contribution in [3.63, 3.8) is 0 Å². The standard InChI is InChI=1S/2CH2O3.Cs.Mg.3H/c2*2-1(3)4;;;;;/h2*(H2,2,3,4);;;;;/q;;+1;+2;3*-1. The Bertz CT molecular complexity index is 83.9. The van der Waals surface area contributed by atoms with Gasteiger partial charge in [-0.25, -0.2) is 9.59 Å². The first-order valence-corrected chi connectivity index (χ1v) is 1.30. The van der Waals surface area contributed by atoms with Gasteiger partial charge in [0, 0.05) is 0 Å². The van der Waals surface area contributed by atoms with Gasteiger partial charge < -0.3 is 24.7 Å². The monoisotopic (exact) mass is 284 g/mol. The topological polar surface area (TPSA) is 115 Å². The normalized spacial score (nSPS) is 4.80. The second kappa shape index (κ2) is 16.8. The summed E-state index contributed by atoms with van der Waals surface area (Å²) < 4.78 is 0. The van der Waals surface area contributed by atoms with E-state index >= 15 is 0 Å². The fourth-order valence-electron chi connectivity index (χ4n) is 0. The predicted octanol–water partition coefficient (Wildman–Crippen LogP) is -2.59. The van der Waals surface area contributed by atoms with E-state index in [4.69, 9.17) is 30.0 Å². The van der Waals surface area contributed by atoms with Crippen molar-refractivity contribution in [2.24, 2.45) is 0 Å². The third-order valence-corrected chi connectivity index (χ3v) is 0. The van der Waals surface area contributed by atoms with Gasteiger partial charge in [0.2, 0.25) is 0 Å². The van der Waals surface area contributed by atoms with Crippen molar-refractivity contribution < 1.29 is 103 Å². The molecule has 0 aromatic heterocycles. The molecule has 0 saturated heterocycles. The molecule has 0 atom stereocenters. The molecule has 0 unspecified atom stereocenters. The number of hydrogen-bond donors (Lipinski definition) is 4. The van der Waals surface area contributed by atoms with E-state index in [1.807, 2.05) is 0 Å². The number of hydrogen-bond acceptors (Lipinski definition) is 2. The predicted molar refractivity (Wildman–Crippen MR) is 30.4 cm³/mol.